The number of fused-ring (bicyclic) bond motifs is 3. The third kappa shape index (κ3) is 4.27. The first kappa shape index (κ1) is 23.4. The molecule has 37 heavy (non-hydrogen) atoms. The van der Waals surface area contributed by atoms with Crippen LogP contribution in [-0.4, -0.2) is 41.0 Å². The van der Waals surface area contributed by atoms with E-state index >= 15 is 0 Å². The third-order valence-corrected chi connectivity index (χ3v) is 7.28. The van der Waals surface area contributed by atoms with Crippen molar-refractivity contribution in [2.45, 2.75) is 24.9 Å². The standard InChI is InChI=1S/C30H26ClN3O3/c1-37-24-15-11-20(12-16-24)30(36)33(23-13-14-23)19-28(35)34-26-9-3-2-8-25(26)32-17-5-10-27(32)29(34)21-6-4-7-22(31)18-21/h2-12,15-18,23,29H,13-14,19H2,1H3. The number of nitrogens with zero attached hydrogens (tertiary/aromatic N) is 3. The van der Waals surface area contributed by atoms with E-state index in [9.17, 15) is 9.59 Å². The number of amides is 2. The van der Waals surface area contributed by atoms with Crippen LogP contribution in [0.25, 0.3) is 5.69 Å². The van der Waals surface area contributed by atoms with Crippen molar-refractivity contribution in [3.63, 3.8) is 0 Å². The Labute approximate surface area is 220 Å². The molecule has 7 heteroatoms. The normalized spacial score (nSPS) is 16.1. The van der Waals surface area contributed by atoms with Crippen LogP contribution in [0.3, 0.4) is 0 Å². The van der Waals surface area contributed by atoms with Crippen molar-refractivity contribution in [2.24, 2.45) is 0 Å². The van der Waals surface area contributed by atoms with Gasteiger partial charge in [-0.15, -0.1) is 0 Å². The minimum absolute atomic E-state index is 0.0123. The summed E-state index contributed by atoms with van der Waals surface area (Å²) in [5.74, 6) is 0.396. The second kappa shape index (κ2) is 9.45. The van der Waals surface area contributed by atoms with E-state index in [2.05, 4.69) is 4.57 Å². The molecule has 3 aromatic carbocycles. The molecule has 6 nitrogen and oxygen atoms in total. The Morgan fingerprint density at radius 2 is 1.70 bits per heavy atom. The second-order valence-corrected chi connectivity index (χ2v) is 9.84. The van der Waals surface area contributed by atoms with Crippen molar-refractivity contribution in [3.8, 4) is 11.4 Å². The zero-order valence-electron chi connectivity index (χ0n) is 20.4. The van der Waals surface area contributed by atoms with Gasteiger partial charge in [0.15, 0.2) is 0 Å². The zero-order chi connectivity index (χ0) is 25.5. The topological polar surface area (TPSA) is 54.8 Å². The van der Waals surface area contributed by atoms with E-state index < -0.39 is 0 Å². The minimum Gasteiger partial charge on any atom is -0.497 e. The van der Waals surface area contributed by atoms with Gasteiger partial charge in [-0.1, -0.05) is 35.9 Å². The SMILES string of the molecule is COc1ccc(C(=O)N(CC(=O)N2c3ccccc3-n3cccc3C2c2cccc(Cl)c2)C2CC2)cc1. The van der Waals surface area contributed by atoms with Gasteiger partial charge >= 0.3 is 0 Å². The molecule has 0 bridgehead atoms. The number of benzene rings is 3. The van der Waals surface area contributed by atoms with E-state index in [1.807, 2.05) is 71.8 Å². The first-order valence-electron chi connectivity index (χ1n) is 12.3. The molecule has 0 N–H and O–H groups in total. The molecule has 0 saturated heterocycles. The molecule has 2 aliphatic rings. The number of hydrogen-bond donors (Lipinski definition) is 0. The van der Waals surface area contributed by atoms with Gasteiger partial charge < -0.3 is 14.2 Å². The highest BCUT2D eigenvalue weighted by Crippen LogP contribution is 2.43. The van der Waals surface area contributed by atoms with Crippen LogP contribution in [0.15, 0.2) is 91.1 Å². The molecule has 1 fully saturated rings. The monoisotopic (exact) mass is 511 g/mol. The number of carbonyl (C=O) groups excluding carboxylic acids is 2. The predicted molar refractivity (Wildman–Crippen MR) is 144 cm³/mol. The summed E-state index contributed by atoms with van der Waals surface area (Å²) in [5, 5.41) is 0.608. The Bertz CT molecular complexity index is 1480. The third-order valence-electron chi connectivity index (χ3n) is 7.04. The maximum absolute atomic E-state index is 14.2. The van der Waals surface area contributed by atoms with E-state index in [0.717, 1.165) is 35.5 Å². The smallest absolute Gasteiger partial charge is 0.254 e. The molecule has 186 valence electrons. The quantitative estimate of drug-likeness (QED) is 0.325. The average Bonchev–Trinajstić information content (AvgIpc) is 3.65. The molecule has 1 aromatic heterocycles. The second-order valence-electron chi connectivity index (χ2n) is 9.41. The van der Waals surface area contributed by atoms with Gasteiger partial charge in [0.1, 0.15) is 18.3 Å². The molecular weight excluding hydrogens is 486 g/mol. The number of aromatic nitrogens is 1. The number of para-hydroxylation sites is 2. The van der Waals surface area contributed by atoms with E-state index in [0.29, 0.717) is 16.3 Å². The summed E-state index contributed by atoms with van der Waals surface area (Å²) < 4.78 is 7.35. The first-order valence-corrected chi connectivity index (χ1v) is 12.7. The first-order chi connectivity index (χ1) is 18.0. The molecule has 1 aliphatic carbocycles. The fourth-order valence-corrected chi connectivity index (χ4v) is 5.33. The van der Waals surface area contributed by atoms with E-state index in [4.69, 9.17) is 16.3 Å². The van der Waals surface area contributed by atoms with Crippen LogP contribution in [0.4, 0.5) is 5.69 Å². The molecular formula is C30H26ClN3O3. The predicted octanol–water partition coefficient (Wildman–Crippen LogP) is 5.88. The fraction of sp³-hybridized carbons (Fsp3) is 0.200. The van der Waals surface area contributed by atoms with Crippen molar-refractivity contribution in [1.82, 2.24) is 9.47 Å². The maximum Gasteiger partial charge on any atom is 0.254 e. The number of halogens is 1. The number of rotatable bonds is 6. The van der Waals surface area contributed by atoms with Gasteiger partial charge in [-0.2, -0.15) is 0 Å². The molecule has 2 heterocycles. The summed E-state index contributed by atoms with van der Waals surface area (Å²) in [4.78, 5) is 31.3. The Morgan fingerprint density at radius 1 is 0.946 bits per heavy atom. The number of methoxy groups -OCH3 is 1. The lowest BCUT2D eigenvalue weighted by Gasteiger charge is -2.39. The largest absolute Gasteiger partial charge is 0.497 e. The van der Waals surface area contributed by atoms with Crippen molar-refractivity contribution < 1.29 is 14.3 Å². The minimum atomic E-state index is -0.381. The molecule has 2 amide bonds. The van der Waals surface area contributed by atoms with Crippen LogP contribution < -0.4 is 9.64 Å². The van der Waals surface area contributed by atoms with Crippen LogP contribution in [0.5, 0.6) is 5.75 Å². The van der Waals surface area contributed by atoms with E-state index in [1.54, 1.807) is 36.3 Å². The van der Waals surface area contributed by atoms with Gasteiger partial charge in [0.05, 0.1) is 24.2 Å². The van der Waals surface area contributed by atoms with Gasteiger partial charge in [-0.25, -0.2) is 0 Å². The van der Waals surface area contributed by atoms with Crippen molar-refractivity contribution >= 4 is 29.1 Å². The van der Waals surface area contributed by atoms with Crippen LogP contribution in [0.1, 0.15) is 40.5 Å². The van der Waals surface area contributed by atoms with E-state index in [-0.39, 0.29) is 30.4 Å². The Morgan fingerprint density at radius 3 is 2.41 bits per heavy atom. The number of hydrogen-bond acceptors (Lipinski definition) is 3. The Hall–Kier alpha value is -4.03. The molecule has 0 spiro atoms. The van der Waals surface area contributed by atoms with Crippen LogP contribution in [0, 0.1) is 0 Å². The van der Waals surface area contributed by atoms with Crippen molar-refractivity contribution in [1.29, 1.82) is 0 Å². The Balaban J connectivity index is 1.39. The zero-order valence-corrected chi connectivity index (χ0v) is 21.1. The summed E-state index contributed by atoms with van der Waals surface area (Å²) in [6.45, 7) is -0.0123. The molecule has 0 radical (unpaired) electrons. The summed E-state index contributed by atoms with van der Waals surface area (Å²) in [7, 11) is 1.59. The lowest BCUT2D eigenvalue weighted by molar-refractivity contribution is -0.119. The summed E-state index contributed by atoms with van der Waals surface area (Å²) in [6, 6.07) is 26.2. The lowest BCUT2D eigenvalue weighted by Crippen LogP contribution is -2.47. The van der Waals surface area contributed by atoms with Crippen LogP contribution in [0.2, 0.25) is 5.02 Å². The molecule has 4 aromatic rings. The van der Waals surface area contributed by atoms with Crippen molar-refractivity contribution in [3.05, 3.63) is 113 Å². The number of carbonyl (C=O) groups is 2. The summed E-state index contributed by atoms with van der Waals surface area (Å²) in [6.07, 6.45) is 3.80. The highest BCUT2D eigenvalue weighted by atomic mass is 35.5. The van der Waals surface area contributed by atoms with Gasteiger partial charge in [-0.05, 0) is 79.1 Å². The maximum atomic E-state index is 14.2. The molecule has 1 atom stereocenters. The highest BCUT2D eigenvalue weighted by molar-refractivity contribution is 6.30. The van der Waals surface area contributed by atoms with E-state index in [1.165, 1.54) is 0 Å². The van der Waals surface area contributed by atoms with Gasteiger partial charge in [-0.3, -0.25) is 14.5 Å². The number of anilines is 1. The van der Waals surface area contributed by atoms with Gasteiger partial charge in [0.25, 0.3) is 5.91 Å². The van der Waals surface area contributed by atoms with Crippen molar-refractivity contribution in [2.75, 3.05) is 18.6 Å². The molecule has 1 aliphatic heterocycles. The highest BCUT2D eigenvalue weighted by Gasteiger charge is 2.40. The summed E-state index contributed by atoms with van der Waals surface area (Å²) >= 11 is 6.39. The lowest BCUT2D eigenvalue weighted by atomic mass is 9.97. The Kier molecular flexibility index (Phi) is 5.97. The van der Waals surface area contributed by atoms with Crippen LogP contribution in [-0.2, 0) is 4.79 Å². The molecule has 1 saturated carbocycles. The van der Waals surface area contributed by atoms with Crippen LogP contribution >= 0.6 is 11.6 Å². The van der Waals surface area contributed by atoms with Gasteiger partial charge in [0.2, 0.25) is 5.91 Å². The average molecular weight is 512 g/mol. The summed E-state index contributed by atoms with van der Waals surface area (Å²) in [5.41, 5.74) is 4.14. The fourth-order valence-electron chi connectivity index (χ4n) is 5.13. The molecule has 1 unspecified atom stereocenters. The molecule has 6 rings (SSSR count). The number of ether oxygens (including phenoxy) is 1. The van der Waals surface area contributed by atoms with Gasteiger partial charge in [0, 0.05) is 22.8 Å².